The van der Waals surface area contributed by atoms with Crippen molar-refractivity contribution in [3.8, 4) is 5.75 Å². The molecule has 0 spiro atoms. The van der Waals surface area contributed by atoms with E-state index in [-0.39, 0.29) is 17.6 Å². The van der Waals surface area contributed by atoms with Gasteiger partial charge in [0.05, 0.1) is 19.9 Å². The van der Waals surface area contributed by atoms with Crippen LogP contribution in [-0.4, -0.2) is 24.2 Å². The van der Waals surface area contributed by atoms with Gasteiger partial charge in [-0.1, -0.05) is 6.58 Å². The minimum atomic E-state index is -0.721. The number of benzene rings is 1. The highest BCUT2D eigenvalue weighted by Crippen LogP contribution is 2.36. The number of nitrogens with two attached hydrogens (primary N) is 1. The predicted octanol–water partition coefficient (Wildman–Crippen LogP) is 5.44. The molecule has 7 nitrogen and oxygen atoms in total. The first-order chi connectivity index (χ1) is 15.3. The summed E-state index contributed by atoms with van der Waals surface area (Å²) < 4.78 is 25.4. The molecule has 0 radical (unpaired) electrons. The van der Waals surface area contributed by atoms with E-state index in [1.807, 2.05) is 31.7 Å². The van der Waals surface area contributed by atoms with Gasteiger partial charge in [0.1, 0.15) is 11.5 Å². The Labute approximate surface area is 187 Å². The van der Waals surface area contributed by atoms with E-state index >= 15 is 0 Å². The van der Waals surface area contributed by atoms with Gasteiger partial charge in [-0.25, -0.2) is 0 Å². The zero-order valence-corrected chi connectivity index (χ0v) is 19.0. The van der Waals surface area contributed by atoms with E-state index in [2.05, 4.69) is 21.9 Å². The topological polar surface area (TPSA) is 85.5 Å². The molecule has 1 aromatic heterocycles. The van der Waals surface area contributed by atoms with Gasteiger partial charge in [-0.2, -0.15) is 14.4 Å². The summed E-state index contributed by atoms with van der Waals surface area (Å²) in [7, 11) is 3.16. The Kier molecular flexibility index (Phi) is 6.82. The lowest BCUT2D eigenvalue weighted by molar-refractivity contribution is 0.306. The Morgan fingerprint density at radius 1 is 1.16 bits per heavy atom. The first kappa shape index (κ1) is 22.9. The molecule has 0 fully saturated rings. The molecule has 0 saturated carbocycles. The Morgan fingerprint density at radius 3 is 2.44 bits per heavy atom. The number of allylic oxidation sites excluding steroid dienone is 5. The second-order valence-corrected chi connectivity index (χ2v) is 7.42. The monoisotopic (exact) mass is 437 g/mol. The maximum Gasteiger partial charge on any atom is 0.238 e. The predicted molar refractivity (Wildman–Crippen MR) is 126 cm³/mol. The number of hydrogen-bond acceptors (Lipinski definition) is 7. The second-order valence-electron chi connectivity index (χ2n) is 7.42. The third-order valence-electron chi connectivity index (χ3n) is 5.30. The number of anilines is 4. The first-order valence-electron chi connectivity index (χ1n) is 10.1. The Balaban J connectivity index is 2.10. The fourth-order valence-corrected chi connectivity index (χ4v) is 3.41. The standard InChI is InChI=1S/C24H28FN5O2/c1-7-18(31-5)13-20-15(3)12-14(2)16(4)30(20)24-28-22(26)21(25)23(29-24)27-17-8-10-19(32-6)11-9-17/h7-11,13H,1,12H2,2-6H3,(H3,26,27,28,29). The van der Waals surface area contributed by atoms with Crippen LogP contribution in [0.5, 0.6) is 5.75 Å². The van der Waals surface area contributed by atoms with Gasteiger partial charge in [0.2, 0.25) is 11.8 Å². The van der Waals surface area contributed by atoms with E-state index in [9.17, 15) is 4.39 Å². The van der Waals surface area contributed by atoms with Crippen LogP contribution >= 0.6 is 0 Å². The molecule has 168 valence electrons. The zero-order valence-electron chi connectivity index (χ0n) is 19.0. The van der Waals surface area contributed by atoms with E-state index < -0.39 is 5.82 Å². The lowest BCUT2D eigenvalue weighted by Gasteiger charge is -2.32. The molecule has 3 N–H and O–H groups in total. The van der Waals surface area contributed by atoms with Crippen molar-refractivity contribution >= 4 is 23.3 Å². The van der Waals surface area contributed by atoms with Crippen LogP contribution in [0.3, 0.4) is 0 Å². The van der Waals surface area contributed by atoms with Crippen molar-refractivity contribution in [2.45, 2.75) is 27.2 Å². The number of ether oxygens (including phenoxy) is 2. The average molecular weight is 438 g/mol. The van der Waals surface area contributed by atoms with E-state index in [1.165, 1.54) is 0 Å². The molecule has 2 heterocycles. The largest absolute Gasteiger partial charge is 0.497 e. The third-order valence-corrected chi connectivity index (χ3v) is 5.30. The van der Waals surface area contributed by atoms with Gasteiger partial charge >= 0.3 is 0 Å². The summed E-state index contributed by atoms with van der Waals surface area (Å²) in [5, 5.41) is 2.98. The molecule has 3 rings (SSSR count). The van der Waals surface area contributed by atoms with Gasteiger partial charge in [-0.05, 0) is 68.7 Å². The fourth-order valence-electron chi connectivity index (χ4n) is 3.41. The van der Waals surface area contributed by atoms with Crippen molar-refractivity contribution in [2.24, 2.45) is 0 Å². The molecule has 0 aliphatic carbocycles. The maximum atomic E-state index is 14.8. The molecule has 1 aromatic carbocycles. The van der Waals surface area contributed by atoms with Crippen LogP contribution in [0.15, 0.2) is 71.3 Å². The van der Waals surface area contributed by atoms with Crippen molar-refractivity contribution in [2.75, 3.05) is 30.2 Å². The summed E-state index contributed by atoms with van der Waals surface area (Å²) in [6.45, 7) is 9.82. The van der Waals surface area contributed by atoms with Crippen molar-refractivity contribution in [1.29, 1.82) is 0 Å². The van der Waals surface area contributed by atoms with Crippen LogP contribution in [0.4, 0.5) is 27.7 Å². The molecule has 1 aliphatic rings. The summed E-state index contributed by atoms with van der Waals surface area (Å²) in [5.41, 5.74) is 10.6. The lowest BCUT2D eigenvalue weighted by atomic mass is 9.98. The minimum Gasteiger partial charge on any atom is -0.497 e. The summed E-state index contributed by atoms with van der Waals surface area (Å²) >= 11 is 0. The minimum absolute atomic E-state index is 0.0228. The van der Waals surface area contributed by atoms with Crippen LogP contribution in [0.2, 0.25) is 0 Å². The van der Waals surface area contributed by atoms with Gasteiger partial charge in [-0.3, -0.25) is 4.90 Å². The van der Waals surface area contributed by atoms with Crippen LogP contribution in [-0.2, 0) is 4.74 Å². The number of methoxy groups -OCH3 is 2. The maximum absolute atomic E-state index is 14.8. The molecule has 32 heavy (non-hydrogen) atoms. The summed E-state index contributed by atoms with van der Waals surface area (Å²) in [6, 6.07) is 7.06. The first-order valence-corrected chi connectivity index (χ1v) is 10.1. The number of rotatable bonds is 7. The van der Waals surface area contributed by atoms with Crippen LogP contribution < -0.4 is 20.7 Å². The van der Waals surface area contributed by atoms with Crippen molar-refractivity contribution in [3.05, 3.63) is 77.1 Å². The number of aromatic nitrogens is 2. The van der Waals surface area contributed by atoms with Gasteiger partial charge in [0.25, 0.3) is 0 Å². The number of nitrogens with one attached hydrogen (secondary N) is 1. The van der Waals surface area contributed by atoms with E-state index in [4.69, 9.17) is 15.2 Å². The fraction of sp³-hybridized carbons (Fsp3) is 0.250. The van der Waals surface area contributed by atoms with Gasteiger partial charge < -0.3 is 20.5 Å². The van der Waals surface area contributed by atoms with Crippen molar-refractivity contribution < 1.29 is 13.9 Å². The lowest BCUT2D eigenvalue weighted by Crippen LogP contribution is -2.28. The van der Waals surface area contributed by atoms with Crippen molar-refractivity contribution in [3.63, 3.8) is 0 Å². The molecule has 0 atom stereocenters. The van der Waals surface area contributed by atoms with Crippen LogP contribution in [0.1, 0.15) is 27.2 Å². The number of halogens is 1. The van der Waals surface area contributed by atoms with E-state index in [0.717, 1.165) is 29.0 Å². The Morgan fingerprint density at radius 2 is 1.84 bits per heavy atom. The number of hydrogen-bond donors (Lipinski definition) is 2. The summed E-state index contributed by atoms with van der Waals surface area (Å²) in [5.74, 6) is 0.534. The Bertz CT molecular complexity index is 1120. The molecule has 2 aromatic rings. The molecule has 0 amide bonds. The number of nitrogens with zero attached hydrogens (tertiary/aromatic N) is 3. The third kappa shape index (κ3) is 4.59. The van der Waals surface area contributed by atoms with Crippen LogP contribution in [0, 0.1) is 5.82 Å². The number of nitrogen functional groups attached to an aromatic ring is 1. The average Bonchev–Trinajstić information content (AvgIpc) is 2.78. The van der Waals surface area contributed by atoms with Crippen molar-refractivity contribution in [1.82, 2.24) is 9.97 Å². The molecule has 0 saturated heterocycles. The summed E-state index contributed by atoms with van der Waals surface area (Å²) in [4.78, 5) is 10.6. The molecule has 0 unspecified atom stereocenters. The second kappa shape index (κ2) is 9.55. The highest BCUT2D eigenvalue weighted by atomic mass is 19.1. The summed E-state index contributed by atoms with van der Waals surface area (Å²) in [6.07, 6.45) is 4.27. The smallest absolute Gasteiger partial charge is 0.238 e. The van der Waals surface area contributed by atoms with Gasteiger partial charge in [0, 0.05) is 17.5 Å². The van der Waals surface area contributed by atoms with E-state index in [1.54, 1.807) is 44.6 Å². The van der Waals surface area contributed by atoms with E-state index in [0.29, 0.717) is 17.2 Å². The van der Waals surface area contributed by atoms with Gasteiger partial charge in [-0.15, -0.1) is 0 Å². The highest BCUT2D eigenvalue weighted by molar-refractivity contribution is 5.66. The molecular formula is C24H28FN5O2. The molecule has 8 heteroatoms. The highest BCUT2D eigenvalue weighted by Gasteiger charge is 2.26. The molecule has 0 bridgehead atoms. The van der Waals surface area contributed by atoms with Gasteiger partial charge in [0.15, 0.2) is 11.6 Å². The quantitative estimate of drug-likeness (QED) is 0.440. The van der Waals surface area contributed by atoms with Crippen LogP contribution in [0.25, 0.3) is 0 Å². The normalized spacial score (nSPS) is 14.6. The Hall–Kier alpha value is -3.81. The SMILES string of the molecule is C=CC(=CC1=C(C)CC(C)=C(C)N1c1nc(N)c(F)c(Nc2ccc(OC)cc2)n1)OC. The molecule has 1 aliphatic heterocycles. The zero-order chi connectivity index (χ0) is 23.4. The molecular weight excluding hydrogens is 409 g/mol.